The zero-order chi connectivity index (χ0) is 16.2. The quantitative estimate of drug-likeness (QED) is 0.532. The minimum atomic E-state index is -1.34. The van der Waals surface area contributed by atoms with Crippen molar-refractivity contribution >= 4 is 40.8 Å². The van der Waals surface area contributed by atoms with Gasteiger partial charge in [-0.2, -0.15) is 0 Å². The van der Waals surface area contributed by atoms with Crippen molar-refractivity contribution in [1.82, 2.24) is 5.32 Å². The van der Waals surface area contributed by atoms with E-state index in [4.69, 9.17) is 33.4 Å². The van der Waals surface area contributed by atoms with Gasteiger partial charge in [0, 0.05) is 24.7 Å². The van der Waals surface area contributed by atoms with Crippen LogP contribution in [0.5, 0.6) is 0 Å². The average molecular weight is 337 g/mol. The third kappa shape index (κ3) is 4.28. The summed E-state index contributed by atoms with van der Waals surface area (Å²) in [4.78, 5) is 32.7. The van der Waals surface area contributed by atoms with E-state index in [1.807, 2.05) is 0 Å². The van der Waals surface area contributed by atoms with Gasteiger partial charge in [-0.05, 0) is 6.07 Å². The van der Waals surface area contributed by atoms with Crippen molar-refractivity contribution in [1.29, 1.82) is 0 Å². The van der Waals surface area contributed by atoms with E-state index in [1.54, 1.807) is 0 Å². The second-order valence-electron chi connectivity index (χ2n) is 3.92. The van der Waals surface area contributed by atoms with Gasteiger partial charge in [0.1, 0.15) is 11.1 Å². The summed E-state index contributed by atoms with van der Waals surface area (Å²) in [6.45, 7) is -0.446. The van der Waals surface area contributed by atoms with Crippen LogP contribution in [0.15, 0.2) is 12.1 Å². The van der Waals surface area contributed by atoms with Gasteiger partial charge < -0.3 is 15.5 Å². The number of rotatable bonds is 6. The summed E-state index contributed by atoms with van der Waals surface area (Å²) >= 11 is 11.3. The molecule has 0 saturated heterocycles. The Hall–Kier alpha value is -1.90. The van der Waals surface area contributed by atoms with Crippen molar-refractivity contribution in [2.45, 2.75) is 12.5 Å². The van der Waals surface area contributed by atoms with Crippen LogP contribution in [-0.2, 0) is 4.79 Å². The van der Waals surface area contributed by atoms with Gasteiger partial charge in [0.15, 0.2) is 0 Å². The summed E-state index contributed by atoms with van der Waals surface area (Å²) in [6, 6.07) is 0.655. The lowest BCUT2D eigenvalue weighted by Crippen LogP contribution is -2.41. The fourth-order valence-electron chi connectivity index (χ4n) is 1.47. The number of amides is 1. The number of aliphatic hydroxyl groups is 1. The molecule has 0 bridgehead atoms. The lowest BCUT2D eigenvalue weighted by molar-refractivity contribution is -0.384. The van der Waals surface area contributed by atoms with Crippen molar-refractivity contribution in [2.75, 3.05) is 6.61 Å². The number of carbonyl (C=O) groups is 2. The predicted octanol–water partition coefficient (Wildman–Crippen LogP) is 1.47. The van der Waals surface area contributed by atoms with Gasteiger partial charge in [0.2, 0.25) is 0 Å². The molecule has 0 saturated carbocycles. The number of hydrogen-bond acceptors (Lipinski definition) is 5. The summed E-state index contributed by atoms with van der Waals surface area (Å²) in [5, 5.41) is 30.0. The van der Waals surface area contributed by atoms with Crippen LogP contribution in [0, 0.1) is 10.1 Å². The van der Waals surface area contributed by atoms with Gasteiger partial charge in [-0.3, -0.25) is 14.9 Å². The van der Waals surface area contributed by atoms with Crippen molar-refractivity contribution in [3.63, 3.8) is 0 Å². The molecule has 0 radical (unpaired) electrons. The van der Waals surface area contributed by atoms with Crippen LogP contribution in [0.4, 0.5) is 5.69 Å². The summed E-state index contributed by atoms with van der Waals surface area (Å²) < 4.78 is 0. The number of carboxylic acids is 1. The first-order valence-electron chi connectivity index (χ1n) is 5.56. The fourth-order valence-corrected chi connectivity index (χ4v) is 1.86. The van der Waals surface area contributed by atoms with Gasteiger partial charge in [0.25, 0.3) is 11.6 Å². The van der Waals surface area contributed by atoms with E-state index in [1.165, 1.54) is 0 Å². The van der Waals surface area contributed by atoms with Gasteiger partial charge in [-0.25, -0.2) is 4.79 Å². The van der Waals surface area contributed by atoms with Gasteiger partial charge in [-0.1, -0.05) is 23.2 Å². The van der Waals surface area contributed by atoms with Gasteiger partial charge in [-0.15, -0.1) is 0 Å². The molecule has 10 heteroatoms. The van der Waals surface area contributed by atoms with E-state index < -0.39 is 35.1 Å². The van der Waals surface area contributed by atoms with Crippen molar-refractivity contribution < 1.29 is 24.7 Å². The molecule has 0 aromatic heterocycles. The number of halogens is 2. The Bertz CT molecular complexity index is 592. The molecule has 1 aromatic rings. The molecule has 1 atom stereocenters. The molecule has 1 aromatic carbocycles. The number of benzene rings is 1. The zero-order valence-corrected chi connectivity index (χ0v) is 11.9. The molecule has 3 N–H and O–H groups in total. The zero-order valence-electron chi connectivity index (χ0n) is 10.4. The van der Waals surface area contributed by atoms with Gasteiger partial charge >= 0.3 is 5.97 Å². The predicted molar refractivity (Wildman–Crippen MR) is 73.7 cm³/mol. The number of aliphatic carboxylic acids is 1. The molecule has 114 valence electrons. The minimum absolute atomic E-state index is 0.204. The van der Waals surface area contributed by atoms with Crippen molar-refractivity contribution in [3.8, 4) is 0 Å². The van der Waals surface area contributed by atoms with Crippen LogP contribution in [0.1, 0.15) is 16.8 Å². The number of aliphatic hydroxyl groups excluding tert-OH is 1. The normalized spacial score (nSPS) is 11.8. The highest BCUT2D eigenvalue weighted by molar-refractivity contribution is 6.43. The number of nitro groups is 1. The van der Waals surface area contributed by atoms with E-state index in [9.17, 15) is 19.7 Å². The van der Waals surface area contributed by atoms with E-state index >= 15 is 0 Å². The summed E-state index contributed by atoms with van der Waals surface area (Å²) in [5.74, 6) is -2.22. The molecule has 8 nitrogen and oxygen atoms in total. The average Bonchev–Trinajstić information content (AvgIpc) is 2.40. The number of carbonyl (C=O) groups excluding carboxylic acids is 1. The number of nitrogens with one attached hydrogen (secondary N) is 1. The highest BCUT2D eigenvalue weighted by atomic mass is 35.5. The number of nitro benzene ring substituents is 1. The Morgan fingerprint density at radius 3 is 2.48 bits per heavy atom. The Kier molecular flexibility index (Phi) is 5.89. The Balaban J connectivity index is 3.07. The summed E-state index contributed by atoms with van der Waals surface area (Å²) in [6.07, 6.45) is -0.204. The SMILES string of the molecule is O=C(NC(CCO)C(=O)O)c1cc(Cl)c(Cl)c([N+](=O)[O-])c1. The molecule has 0 aliphatic rings. The molecule has 1 unspecified atom stereocenters. The summed E-state index contributed by atoms with van der Waals surface area (Å²) in [7, 11) is 0. The van der Waals surface area contributed by atoms with Gasteiger partial charge in [0.05, 0.1) is 9.95 Å². The molecule has 0 heterocycles. The van der Waals surface area contributed by atoms with Crippen LogP contribution in [0.2, 0.25) is 10.0 Å². The first-order chi connectivity index (χ1) is 9.77. The molecule has 1 rings (SSSR count). The molecular formula is C11H10Cl2N2O6. The molecule has 0 aliphatic heterocycles. The van der Waals surface area contributed by atoms with E-state index in [2.05, 4.69) is 5.32 Å². The molecular weight excluding hydrogens is 327 g/mol. The minimum Gasteiger partial charge on any atom is -0.480 e. The maximum atomic E-state index is 11.9. The Labute approximate surface area is 128 Å². The van der Waals surface area contributed by atoms with E-state index in [-0.39, 0.29) is 22.0 Å². The second-order valence-corrected chi connectivity index (χ2v) is 4.71. The topological polar surface area (TPSA) is 130 Å². The fraction of sp³-hybridized carbons (Fsp3) is 0.273. The lowest BCUT2D eigenvalue weighted by atomic mass is 10.1. The first kappa shape index (κ1) is 17.2. The number of carboxylic acid groups (broad SMARTS) is 1. The largest absolute Gasteiger partial charge is 0.480 e. The molecule has 0 fully saturated rings. The first-order valence-corrected chi connectivity index (χ1v) is 6.31. The third-order valence-electron chi connectivity index (χ3n) is 2.49. The van der Waals surface area contributed by atoms with Crippen molar-refractivity contribution in [3.05, 3.63) is 37.9 Å². The van der Waals surface area contributed by atoms with Crippen LogP contribution in [-0.4, -0.2) is 39.7 Å². The van der Waals surface area contributed by atoms with Crippen LogP contribution in [0.3, 0.4) is 0 Å². The number of hydrogen-bond donors (Lipinski definition) is 3. The van der Waals surface area contributed by atoms with Crippen LogP contribution < -0.4 is 5.32 Å². The maximum absolute atomic E-state index is 11.9. The number of nitrogens with zero attached hydrogens (tertiary/aromatic N) is 1. The van der Waals surface area contributed by atoms with Crippen LogP contribution >= 0.6 is 23.2 Å². The van der Waals surface area contributed by atoms with E-state index in [0.29, 0.717) is 0 Å². The monoisotopic (exact) mass is 336 g/mol. The molecule has 1 amide bonds. The maximum Gasteiger partial charge on any atom is 0.326 e. The second kappa shape index (κ2) is 7.21. The van der Waals surface area contributed by atoms with Crippen molar-refractivity contribution in [2.24, 2.45) is 0 Å². The summed E-state index contributed by atoms with van der Waals surface area (Å²) in [5.41, 5.74) is -0.774. The molecule has 21 heavy (non-hydrogen) atoms. The standard InChI is InChI=1S/C11H10Cl2N2O6/c12-6-3-5(4-8(9(6)13)15(20)21)10(17)14-7(1-2-16)11(18)19/h3-4,7,16H,1-2H2,(H,14,17)(H,18,19). The lowest BCUT2D eigenvalue weighted by Gasteiger charge is -2.13. The smallest absolute Gasteiger partial charge is 0.326 e. The van der Waals surface area contributed by atoms with E-state index in [0.717, 1.165) is 12.1 Å². The molecule has 0 aliphatic carbocycles. The third-order valence-corrected chi connectivity index (χ3v) is 3.28. The molecule has 0 spiro atoms. The highest BCUT2D eigenvalue weighted by Crippen LogP contribution is 2.33. The highest BCUT2D eigenvalue weighted by Gasteiger charge is 2.24. The Morgan fingerprint density at radius 1 is 1.38 bits per heavy atom. The van der Waals surface area contributed by atoms with Crippen LogP contribution in [0.25, 0.3) is 0 Å². The Morgan fingerprint density at radius 2 is 2.00 bits per heavy atom.